The number of nitrogens with zero attached hydrogens (tertiary/aromatic N) is 1. The molecular weight excluding hydrogens is 166 g/mol. The van der Waals surface area contributed by atoms with Gasteiger partial charge in [-0.3, -0.25) is 0 Å². The maximum Gasteiger partial charge on any atom is 0.135 e. The highest BCUT2D eigenvalue weighted by Gasteiger charge is 2.12. The van der Waals surface area contributed by atoms with E-state index < -0.39 is 0 Å². The van der Waals surface area contributed by atoms with E-state index in [4.69, 9.17) is 10.5 Å². The summed E-state index contributed by atoms with van der Waals surface area (Å²) in [5.74, 6) is 0.879. The van der Waals surface area contributed by atoms with E-state index in [1.54, 1.807) is 13.3 Å². The molecule has 0 saturated carbocycles. The second kappa shape index (κ2) is 4.99. The molecule has 0 aliphatic rings. The smallest absolute Gasteiger partial charge is 0.135 e. The van der Waals surface area contributed by atoms with Crippen LogP contribution in [0.1, 0.15) is 37.4 Å². The molecule has 0 aliphatic heterocycles. The average molecular weight is 183 g/mol. The van der Waals surface area contributed by atoms with Crippen LogP contribution in [0.5, 0.6) is 0 Å². The Hall–Kier alpha value is -0.870. The fourth-order valence-corrected chi connectivity index (χ4v) is 1.27. The van der Waals surface area contributed by atoms with Crippen molar-refractivity contribution in [2.45, 2.75) is 32.4 Å². The minimum Gasteiger partial charge on any atom is -0.374 e. The first-order valence-electron chi connectivity index (χ1n) is 4.58. The van der Waals surface area contributed by atoms with Crippen molar-refractivity contribution in [3.05, 3.63) is 17.7 Å². The number of H-pyrrole nitrogens is 1. The summed E-state index contributed by atoms with van der Waals surface area (Å²) >= 11 is 0. The summed E-state index contributed by atoms with van der Waals surface area (Å²) in [7, 11) is 1.70. The molecule has 1 rings (SSSR count). The van der Waals surface area contributed by atoms with E-state index in [9.17, 15) is 0 Å². The van der Waals surface area contributed by atoms with Gasteiger partial charge in [-0.05, 0) is 6.42 Å². The lowest BCUT2D eigenvalue weighted by molar-refractivity contribution is 0.0882. The van der Waals surface area contributed by atoms with Crippen molar-refractivity contribution in [3.63, 3.8) is 0 Å². The lowest BCUT2D eigenvalue weighted by Crippen LogP contribution is -2.04. The van der Waals surface area contributed by atoms with E-state index in [1.807, 2.05) is 0 Å². The zero-order valence-electron chi connectivity index (χ0n) is 8.21. The van der Waals surface area contributed by atoms with Crippen LogP contribution in [0.4, 0.5) is 0 Å². The Bertz CT molecular complexity index is 247. The molecule has 4 heteroatoms. The first kappa shape index (κ1) is 10.2. The van der Waals surface area contributed by atoms with E-state index >= 15 is 0 Å². The normalized spacial score (nSPS) is 13.2. The van der Waals surface area contributed by atoms with Gasteiger partial charge >= 0.3 is 0 Å². The van der Waals surface area contributed by atoms with Gasteiger partial charge in [0.15, 0.2) is 0 Å². The number of rotatable bonds is 5. The molecule has 0 radical (unpaired) electrons. The minimum absolute atomic E-state index is 0.0744. The van der Waals surface area contributed by atoms with Gasteiger partial charge in [0.05, 0.1) is 0 Å². The van der Waals surface area contributed by atoms with Crippen LogP contribution in [-0.4, -0.2) is 17.1 Å². The number of nitrogens with one attached hydrogen (secondary N) is 1. The molecule has 0 fully saturated rings. The molecule has 0 bridgehead atoms. The number of methoxy groups -OCH3 is 1. The summed E-state index contributed by atoms with van der Waals surface area (Å²) in [5.41, 5.74) is 6.42. The molecule has 0 aliphatic carbocycles. The van der Waals surface area contributed by atoms with E-state index in [-0.39, 0.29) is 6.10 Å². The fraction of sp³-hybridized carbons (Fsp3) is 0.667. The highest BCUT2D eigenvalue weighted by molar-refractivity contribution is 5.03. The fourth-order valence-electron chi connectivity index (χ4n) is 1.27. The molecule has 0 spiro atoms. The summed E-state index contributed by atoms with van der Waals surface area (Å²) in [5, 5.41) is 0. The van der Waals surface area contributed by atoms with Gasteiger partial charge in [-0.25, -0.2) is 4.98 Å². The zero-order valence-corrected chi connectivity index (χ0v) is 8.21. The predicted octanol–water partition coefficient (Wildman–Crippen LogP) is 1.36. The number of ether oxygens (including phenoxy) is 1. The van der Waals surface area contributed by atoms with Gasteiger partial charge < -0.3 is 15.5 Å². The average Bonchev–Trinajstić information content (AvgIpc) is 2.62. The largest absolute Gasteiger partial charge is 0.374 e. The Morgan fingerprint density at radius 2 is 2.46 bits per heavy atom. The van der Waals surface area contributed by atoms with Crippen LogP contribution in [-0.2, 0) is 11.3 Å². The van der Waals surface area contributed by atoms with Crippen LogP contribution in [0.2, 0.25) is 0 Å². The topological polar surface area (TPSA) is 63.9 Å². The van der Waals surface area contributed by atoms with Gasteiger partial charge in [-0.2, -0.15) is 0 Å². The number of aromatic amines is 1. The van der Waals surface area contributed by atoms with Gasteiger partial charge in [-0.1, -0.05) is 13.3 Å². The van der Waals surface area contributed by atoms with Gasteiger partial charge in [0.25, 0.3) is 0 Å². The van der Waals surface area contributed by atoms with E-state index in [1.165, 1.54) is 0 Å². The maximum absolute atomic E-state index is 5.47. The molecule has 0 amide bonds. The van der Waals surface area contributed by atoms with Crippen LogP contribution in [0.3, 0.4) is 0 Å². The summed E-state index contributed by atoms with van der Waals surface area (Å²) in [6.07, 6.45) is 3.90. The lowest BCUT2D eigenvalue weighted by Gasteiger charge is -2.10. The lowest BCUT2D eigenvalue weighted by atomic mass is 10.2. The minimum atomic E-state index is 0.0744. The summed E-state index contributed by atoms with van der Waals surface area (Å²) < 4.78 is 5.30. The van der Waals surface area contributed by atoms with Crippen molar-refractivity contribution < 1.29 is 4.74 Å². The Kier molecular flexibility index (Phi) is 3.92. The van der Waals surface area contributed by atoms with Crippen molar-refractivity contribution in [1.29, 1.82) is 0 Å². The number of nitrogens with two attached hydrogens (primary N) is 1. The van der Waals surface area contributed by atoms with Gasteiger partial charge in [0, 0.05) is 25.5 Å². The highest BCUT2D eigenvalue weighted by Crippen LogP contribution is 2.18. The molecule has 1 atom stereocenters. The Morgan fingerprint density at radius 3 is 2.92 bits per heavy atom. The second-order valence-electron chi connectivity index (χ2n) is 3.01. The van der Waals surface area contributed by atoms with E-state index in [0.29, 0.717) is 6.54 Å². The van der Waals surface area contributed by atoms with Crippen LogP contribution < -0.4 is 5.73 Å². The van der Waals surface area contributed by atoms with Crippen molar-refractivity contribution in [2.24, 2.45) is 5.73 Å². The summed E-state index contributed by atoms with van der Waals surface area (Å²) in [6, 6.07) is 0. The molecule has 1 unspecified atom stereocenters. The van der Waals surface area contributed by atoms with Gasteiger partial charge in [-0.15, -0.1) is 0 Å². The summed E-state index contributed by atoms with van der Waals surface area (Å²) in [4.78, 5) is 7.35. The van der Waals surface area contributed by atoms with Gasteiger partial charge in [0.1, 0.15) is 11.9 Å². The van der Waals surface area contributed by atoms with Crippen LogP contribution in [0.25, 0.3) is 0 Å². The third-order valence-electron chi connectivity index (χ3n) is 2.01. The molecule has 1 aromatic rings. The third-order valence-corrected chi connectivity index (χ3v) is 2.01. The van der Waals surface area contributed by atoms with Crippen molar-refractivity contribution in [1.82, 2.24) is 9.97 Å². The first-order valence-corrected chi connectivity index (χ1v) is 4.58. The standard InChI is InChI=1S/C9H17N3O/c1-3-4-8(13-2)9-11-6-7(5-10)12-9/h6,8H,3-5,10H2,1-2H3,(H,11,12). The van der Waals surface area contributed by atoms with Gasteiger partial charge in [0.2, 0.25) is 0 Å². The molecule has 1 aromatic heterocycles. The monoisotopic (exact) mass is 183 g/mol. The molecule has 0 aromatic carbocycles. The van der Waals surface area contributed by atoms with Crippen molar-refractivity contribution in [3.8, 4) is 0 Å². The van der Waals surface area contributed by atoms with Crippen LogP contribution in [0, 0.1) is 0 Å². The molecule has 0 saturated heterocycles. The Morgan fingerprint density at radius 1 is 1.69 bits per heavy atom. The number of hydrogen-bond donors (Lipinski definition) is 2. The predicted molar refractivity (Wildman–Crippen MR) is 51.1 cm³/mol. The Balaban J connectivity index is 2.67. The zero-order chi connectivity index (χ0) is 9.68. The Labute approximate surface area is 78.5 Å². The number of imidazole rings is 1. The molecule has 3 N–H and O–H groups in total. The number of hydrogen-bond acceptors (Lipinski definition) is 3. The molecular formula is C9H17N3O. The maximum atomic E-state index is 5.47. The van der Waals surface area contributed by atoms with Crippen LogP contribution in [0.15, 0.2) is 6.20 Å². The van der Waals surface area contributed by atoms with Crippen molar-refractivity contribution in [2.75, 3.05) is 7.11 Å². The first-order chi connectivity index (χ1) is 6.31. The summed E-state index contributed by atoms with van der Waals surface area (Å²) in [6.45, 7) is 2.62. The quantitative estimate of drug-likeness (QED) is 0.724. The highest BCUT2D eigenvalue weighted by atomic mass is 16.5. The third kappa shape index (κ3) is 2.54. The van der Waals surface area contributed by atoms with E-state index in [2.05, 4.69) is 16.9 Å². The molecule has 1 heterocycles. The molecule has 13 heavy (non-hydrogen) atoms. The number of aromatic nitrogens is 2. The van der Waals surface area contributed by atoms with Crippen LogP contribution >= 0.6 is 0 Å². The van der Waals surface area contributed by atoms with E-state index in [0.717, 1.165) is 24.4 Å². The second-order valence-corrected chi connectivity index (χ2v) is 3.01. The van der Waals surface area contributed by atoms with Crippen molar-refractivity contribution >= 4 is 0 Å². The molecule has 4 nitrogen and oxygen atoms in total. The molecule has 74 valence electrons. The SMILES string of the molecule is CCCC(OC)c1ncc(CN)[nH]1.